The van der Waals surface area contributed by atoms with Gasteiger partial charge in [0.2, 0.25) is 0 Å². The highest BCUT2D eigenvalue weighted by Gasteiger charge is 2.13. The van der Waals surface area contributed by atoms with Crippen molar-refractivity contribution in [2.45, 2.75) is 19.3 Å². The lowest BCUT2D eigenvalue weighted by atomic mass is 10.2. The van der Waals surface area contributed by atoms with E-state index in [1.807, 2.05) is 0 Å². The molecule has 0 radical (unpaired) electrons. The van der Waals surface area contributed by atoms with Crippen LogP contribution in [0.15, 0.2) is 24.3 Å². The van der Waals surface area contributed by atoms with Crippen LogP contribution in [0.1, 0.15) is 19.3 Å². The van der Waals surface area contributed by atoms with Gasteiger partial charge in [-0.2, -0.15) is 0 Å². The van der Waals surface area contributed by atoms with Gasteiger partial charge in [0.05, 0.1) is 25.4 Å². The van der Waals surface area contributed by atoms with Crippen molar-refractivity contribution < 1.29 is 38.1 Å². The summed E-state index contributed by atoms with van der Waals surface area (Å²) in [5, 5.41) is 0. The SMILES string of the molecule is C=C(COC(=O)CCCC(=O)OCC(=C)C(=O)OC)C(=O)OC. The molecule has 0 amide bonds. The van der Waals surface area contributed by atoms with E-state index in [4.69, 9.17) is 9.47 Å². The largest absolute Gasteiger partial charge is 0.466 e. The number of hydrogen-bond acceptors (Lipinski definition) is 8. The molecule has 8 heteroatoms. The molecule has 0 heterocycles. The van der Waals surface area contributed by atoms with Gasteiger partial charge in [-0.05, 0) is 6.42 Å². The van der Waals surface area contributed by atoms with Gasteiger partial charge >= 0.3 is 23.9 Å². The lowest BCUT2D eigenvalue weighted by Crippen LogP contribution is -2.15. The molecule has 0 N–H and O–H groups in total. The van der Waals surface area contributed by atoms with Crippen LogP contribution in [0.2, 0.25) is 0 Å². The monoisotopic (exact) mass is 328 g/mol. The van der Waals surface area contributed by atoms with E-state index in [-0.39, 0.29) is 43.6 Å². The van der Waals surface area contributed by atoms with Crippen molar-refractivity contribution in [2.75, 3.05) is 27.4 Å². The third-order valence-electron chi connectivity index (χ3n) is 2.52. The molecule has 0 rings (SSSR count). The van der Waals surface area contributed by atoms with E-state index < -0.39 is 23.9 Å². The van der Waals surface area contributed by atoms with Crippen LogP contribution in [-0.2, 0) is 38.1 Å². The number of methoxy groups -OCH3 is 2. The van der Waals surface area contributed by atoms with Crippen LogP contribution >= 0.6 is 0 Å². The second-order valence-corrected chi connectivity index (χ2v) is 4.37. The maximum absolute atomic E-state index is 11.4. The van der Waals surface area contributed by atoms with Gasteiger partial charge in [0.25, 0.3) is 0 Å². The minimum absolute atomic E-state index is 0.0154. The smallest absolute Gasteiger partial charge is 0.336 e. The average molecular weight is 328 g/mol. The maximum atomic E-state index is 11.4. The van der Waals surface area contributed by atoms with Gasteiger partial charge in [-0.3, -0.25) is 9.59 Å². The molecule has 0 aromatic carbocycles. The fraction of sp³-hybridized carbons (Fsp3) is 0.467. The summed E-state index contributed by atoms with van der Waals surface area (Å²) in [6.07, 6.45) is 0.149. The Morgan fingerprint density at radius 2 is 1.09 bits per heavy atom. The molecule has 0 aromatic rings. The molecule has 0 spiro atoms. The van der Waals surface area contributed by atoms with Crippen molar-refractivity contribution in [3.8, 4) is 0 Å². The average Bonchev–Trinajstić information content (AvgIpc) is 2.55. The van der Waals surface area contributed by atoms with Gasteiger partial charge in [0, 0.05) is 12.8 Å². The van der Waals surface area contributed by atoms with E-state index in [1.165, 1.54) is 14.2 Å². The van der Waals surface area contributed by atoms with Crippen LogP contribution in [-0.4, -0.2) is 51.3 Å². The summed E-state index contributed by atoms with van der Waals surface area (Å²) in [5.74, 6) is -2.48. The van der Waals surface area contributed by atoms with Crippen molar-refractivity contribution in [3.63, 3.8) is 0 Å². The molecular weight excluding hydrogens is 308 g/mol. The third kappa shape index (κ3) is 9.07. The fourth-order valence-corrected chi connectivity index (χ4v) is 1.26. The molecule has 0 atom stereocenters. The van der Waals surface area contributed by atoms with Crippen molar-refractivity contribution in [2.24, 2.45) is 0 Å². The van der Waals surface area contributed by atoms with Crippen LogP contribution in [0, 0.1) is 0 Å². The highest BCUT2D eigenvalue weighted by molar-refractivity contribution is 5.88. The van der Waals surface area contributed by atoms with E-state index in [1.54, 1.807) is 0 Å². The first-order chi connectivity index (χ1) is 10.8. The van der Waals surface area contributed by atoms with Crippen LogP contribution < -0.4 is 0 Å². The van der Waals surface area contributed by atoms with Crippen LogP contribution in [0.3, 0.4) is 0 Å². The van der Waals surface area contributed by atoms with Crippen molar-refractivity contribution in [3.05, 3.63) is 24.3 Å². The Labute approximate surface area is 134 Å². The van der Waals surface area contributed by atoms with Gasteiger partial charge in [0.1, 0.15) is 13.2 Å². The topological polar surface area (TPSA) is 105 Å². The van der Waals surface area contributed by atoms with E-state index in [0.29, 0.717) is 0 Å². The Morgan fingerprint density at radius 3 is 1.39 bits per heavy atom. The zero-order valence-corrected chi connectivity index (χ0v) is 13.2. The third-order valence-corrected chi connectivity index (χ3v) is 2.52. The quantitative estimate of drug-likeness (QED) is 0.328. The summed E-state index contributed by atoms with van der Waals surface area (Å²) in [7, 11) is 2.38. The first-order valence-corrected chi connectivity index (χ1v) is 6.65. The number of hydrogen-bond donors (Lipinski definition) is 0. The Kier molecular flexibility index (Phi) is 9.74. The minimum atomic E-state index is -0.660. The highest BCUT2D eigenvalue weighted by atomic mass is 16.6. The number of carbonyl (C=O) groups excluding carboxylic acids is 4. The molecule has 128 valence electrons. The van der Waals surface area contributed by atoms with Crippen molar-refractivity contribution in [1.82, 2.24) is 0 Å². The Balaban J connectivity index is 3.85. The van der Waals surface area contributed by atoms with E-state index in [9.17, 15) is 19.2 Å². The molecule has 0 aliphatic rings. The zero-order valence-electron chi connectivity index (χ0n) is 13.2. The first kappa shape index (κ1) is 20.4. The number of esters is 4. The molecule has 0 aliphatic heterocycles. The van der Waals surface area contributed by atoms with Crippen molar-refractivity contribution >= 4 is 23.9 Å². The predicted molar refractivity (Wildman–Crippen MR) is 78.1 cm³/mol. The molecule has 8 nitrogen and oxygen atoms in total. The normalized spacial score (nSPS) is 9.48. The van der Waals surface area contributed by atoms with Crippen LogP contribution in [0.25, 0.3) is 0 Å². The molecule has 0 saturated carbocycles. The first-order valence-electron chi connectivity index (χ1n) is 6.65. The molecule has 0 unspecified atom stereocenters. The zero-order chi connectivity index (χ0) is 17.8. The Bertz CT molecular complexity index is 448. The minimum Gasteiger partial charge on any atom is -0.466 e. The molecule has 0 fully saturated rings. The van der Waals surface area contributed by atoms with E-state index >= 15 is 0 Å². The summed E-state index contributed by atoms with van der Waals surface area (Å²) >= 11 is 0. The summed E-state index contributed by atoms with van der Waals surface area (Å²) in [4.78, 5) is 44.8. The van der Waals surface area contributed by atoms with E-state index in [0.717, 1.165) is 0 Å². The van der Waals surface area contributed by atoms with E-state index in [2.05, 4.69) is 22.6 Å². The Hall–Kier alpha value is -2.64. The maximum Gasteiger partial charge on any atom is 0.336 e. The summed E-state index contributed by atoms with van der Waals surface area (Å²) in [6.45, 7) is 6.25. The van der Waals surface area contributed by atoms with Gasteiger partial charge in [-0.25, -0.2) is 9.59 Å². The second kappa shape index (κ2) is 11.0. The lowest BCUT2D eigenvalue weighted by Gasteiger charge is -2.07. The fourth-order valence-electron chi connectivity index (χ4n) is 1.26. The lowest BCUT2D eigenvalue weighted by molar-refractivity contribution is -0.145. The highest BCUT2D eigenvalue weighted by Crippen LogP contribution is 2.03. The molecule has 0 aliphatic carbocycles. The number of ether oxygens (including phenoxy) is 4. The molecule has 0 aromatic heterocycles. The van der Waals surface area contributed by atoms with Gasteiger partial charge in [-0.15, -0.1) is 0 Å². The molecular formula is C15H20O8. The van der Waals surface area contributed by atoms with Gasteiger partial charge < -0.3 is 18.9 Å². The van der Waals surface area contributed by atoms with Crippen LogP contribution in [0.5, 0.6) is 0 Å². The Morgan fingerprint density at radius 1 is 0.739 bits per heavy atom. The summed E-state index contributed by atoms with van der Waals surface area (Å²) in [5.41, 5.74) is 0.0307. The standard InChI is InChI=1S/C15H20O8/c1-10(14(18)20-3)8-22-12(16)6-5-7-13(17)23-9-11(2)15(19)21-4/h1-2,5-9H2,3-4H3. The molecule has 23 heavy (non-hydrogen) atoms. The van der Waals surface area contributed by atoms with Crippen molar-refractivity contribution in [1.29, 1.82) is 0 Å². The molecule has 0 bridgehead atoms. The predicted octanol–water partition coefficient (Wildman–Crippen LogP) is 0.701. The number of rotatable bonds is 10. The molecule has 0 saturated heterocycles. The van der Waals surface area contributed by atoms with Gasteiger partial charge in [-0.1, -0.05) is 13.2 Å². The summed E-state index contributed by atoms with van der Waals surface area (Å²) in [6, 6.07) is 0. The van der Waals surface area contributed by atoms with Gasteiger partial charge in [0.15, 0.2) is 0 Å². The summed E-state index contributed by atoms with van der Waals surface area (Å²) < 4.78 is 18.4. The van der Waals surface area contributed by atoms with Crippen LogP contribution in [0.4, 0.5) is 0 Å². The number of carbonyl (C=O) groups is 4. The second-order valence-electron chi connectivity index (χ2n) is 4.37.